The summed E-state index contributed by atoms with van der Waals surface area (Å²) in [6, 6.07) is 16.2. The highest BCUT2D eigenvalue weighted by Crippen LogP contribution is 2.29. The molecule has 3 N–H and O–H groups in total. The monoisotopic (exact) mass is 563 g/mol. The molecule has 186 valence electrons. The number of carbonyl (C=O) groups excluding carboxylic acids is 1. The molecule has 0 aliphatic rings. The van der Waals surface area contributed by atoms with E-state index in [4.69, 9.17) is 23.2 Å². The van der Waals surface area contributed by atoms with Crippen LogP contribution in [0.15, 0.2) is 71.6 Å². The van der Waals surface area contributed by atoms with E-state index < -0.39 is 35.9 Å². The fourth-order valence-electron chi connectivity index (χ4n) is 3.18. The number of nitrogens with one attached hydrogen (secondary N) is 1. The van der Waals surface area contributed by atoms with E-state index >= 15 is 0 Å². The van der Waals surface area contributed by atoms with E-state index in [1.165, 1.54) is 30.3 Å². The van der Waals surface area contributed by atoms with Gasteiger partial charge in [0.1, 0.15) is 14.2 Å². The summed E-state index contributed by atoms with van der Waals surface area (Å²) in [5, 5.41) is 12.6. The molecule has 3 aromatic rings. The van der Waals surface area contributed by atoms with Crippen LogP contribution in [0.2, 0.25) is 10.0 Å². The van der Waals surface area contributed by atoms with Gasteiger partial charge >= 0.3 is 5.97 Å². The van der Waals surface area contributed by atoms with E-state index in [1.54, 1.807) is 30.3 Å². The van der Waals surface area contributed by atoms with Crippen LogP contribution in [0.4, 0.5) is 0 Å². The van der Waals surface area contributed by atoms with Gasteiger partial charge in [-0.25, -0.2) is 13.2 Å². The lowest BCUT2D eigenvalue weighted by Crippen LogP contribution is -2.42. The molecule has 0 heterocycles. The second-order valence-corrected chi connectivity index (χ2v) is 11.9. The Bertz CT molecular complexity index is 1450. The Kier molecular flexibility index (Phi) is 9.13. The number of carbonyl (C=O) groups is 2. The topological polar surface area (TPSA) is 121 Å². The predicted molar refractivity (Wildman–Crippen MR) is 141 cm³/mol. The van der Waals surface area contributed by atoms with E-state index in [1.807, 2.05) is 6.07 Å². The third kappa shape index (κ3) is 7.30. The molecule has 3 rings (SSSR count). The van der Waals surface area contributed by atoms with Crippen molar-refractivity contribution in [1.82, 2.24) is 5.32 Å². The second kappa shape index (κ2) is 11.9. The number of rotatable bonds is 7. The molecule has 0 saturated heterocycles. The molecule has 0 aliphatic heterocycles. The number of aliphatic carboxylic acids is 1. The molecule has 36 heavy (non-hydrogen) atoms. The minimum absolute atomic E-state index is 0.0389. The van der Waals surface area contributed by atoms with Crippen LogP contribution in [0, 0.1) is 11.6 Å². The minimum atomic E-state index is -3.48. The molecule has 0 fully saturated rings. The van der Waals surface area contributed by atoms with E-state index in [2.05, 4.69) is 16.9 Å². The van der Waals surface area contributed by atoms with Gasteiger partial charge in [0.2, 0.25) is 0 Å². The minimum Gasteiger partial charge on any atom is -0.480 e. The van der Waals surface area contributed by atoms with Crippen LogP contribution in [0.25, 0.3) is 0 Å². The zero-order chi connectivity index (χ0) is 26.5. The van der Waals surface area contributed by atoms with Gasteiger partial charge < -0.3 is 15.3 Å². The number of sulfone groups is 1. The molecule has 1 amide bonds. The van der Waals surface area contributed by atoms with Crippen molar-refractivity contribution in [2.45, 2.75) is 17.4 Å². The molecule has 0 spiro atoms. The van der Waals surface area contributed by atoms with Crippen LogP contribution in [0.3, 0.4) is 0 Å². The number of hydrogen-bond acceptors (Lipinski definition) is 5. The lowest BCUT2D eigenvalue weighted by atomic mass is 10.0. The number of hydrogen-bond donors (Lipinski definition) is 3. The zero-order valence-electron chi connectivity index (χ0n) is 18.8. The van der Waals surface area contributed by atoms with Gasteiger partial charge in [-0.1, -0.05) is 71.6 Å². The van der Waals surface area contributed by atoms with Gasteiger partial charge in [0.25, 0.3) is 5.91 Å². The Morgan fingerprint density at radius 1 is 1.03 bits per heavy atom. The van der Waals surface area contributed by atoms with Crippen LogP contribution in [0.5, 0.6) is 0 Å². The first-order chi connectivity index (χ1) is 17.0. The SMILES string of the molecule is CS(=O)(=O)c1cccc(CC(NC(=O)c2c(Cl)cc(C#CP(O)c3ccccc3)cc2Cl)C(=O)O)c1. The molecular weight excluding hydrogens is 544 g/mol. The van der Waals surface area contributed by atoms with Crippen LogP contribution < -0.4 is 10.6 Å². The highest BCUT2D eigenvalue weighted by molar-refractivity contribution is 7.90. The van der Waals surface area contributed by atoms with Crippen molar-refractivity contribution in [3.05, 3.63) is 93.5 Å². The van der Waals surface area contributed by atoms with E-state index in [-0.39, 0.29) is 26.9 Å². The molecule has 7 nitrogen and oxygen atoms in total. The van der Waals surface area contributed by atoms with Crippen molar-refractivity contribution in [3.8, 4) is 11.6 Å². The van der Waals surface area contributed by atoms with Crippen molar-refractivity contribution in [2.75, 3.05) is 6.26 Å². The first kappa shape index (κ1) is 27.7. The van der Waals surface area contributed by atoms with Crippen LogP contribution >= 0.6 is 31.4 Å². The van der Waals surface area contributed by atoms with Gasteiger partial charge in [0.15, 0.2) is 9.84 Å². The molecule has 2 atom stereocenters. The van der Waals surface area contributed by atoms with Crippen molar-refractivity contribution >= 4 is 58.4 Å². The third-order valence-electron chi connectivity index (χ3n) is 4.95. The number of carboxylic acids is 1. The molecule has 0 radical (unpaired) electrons. The maximum Gasteiger partial charge on any atom is 0.326 e. The first-order valence-corrected chi connectivity index (χ1v) is 14.3. The molecule has 2 unspecified atom stereocenters. The average Bonchev–Trinajstić information content (AvgIpc) is 2.82. The lowest BCUT2D eigenvalue weighted by Gasteiger charge is -2.16. The molecule has 0 saturated carbocycles. The maximum atomic E-state index is 12.9. The second-order valence-electron chi connectivity index (χ2n) is 7.69. The summed E-state index contributed by atoms with van der Waals surface area (Å²) in [4.78, 5) is 35.0. The summed E-state index contributed by atoms with van der Waals surface area (Å²) >= 11 is 12.5. The smallest absolute Gasteiger partial charge is 0.326 e. The summed E-state index contributed by atoms with van der Waals surface area (Å²) in [7, 11) is -5.21. The van der Waals surface area contributed by atoms with Gasteiger partial charge in [-0.3, -0.25) is 4.79 Å². The highest BCUT2D eigenvalue weighted by atomic mass is 35.5. The summed E-state index contributed by atoms with van der Waals surface area (Å²) in [5.41, 5.74) is 3.39. The molecule has 11 heteroatoms. The predicted octanol–water partition coefficient (Wildman–Crippen LogP) is 3.85. The van der Waals surface area contributed by atoms with Crippen LogP contribution in [-0.4, -0.2) is 42.6 Å². The normalized spacial score (nSPS) is 12.7. The van der Waals surface area contributed by atoms with Crippen molar-refractivity contribution in [1.29, 1.82) is 0 Å². The van der Waals surface area contributed by atoms with Gasteiger partial charge in [0.05, 0.1) is 20.5 Å². The summed E-state index contributed by atoms with van der Waals surface area (Å²) in [5.74, 6) is 0.650. The van der Waals surface area contributed by atoms with Gasteiger partial charge in [-0.05, 0) is 35.5 Å². The number of carboxylic acid groups (broad SMARTS) is 1. The standard InChI is InChI=1S/C25H20Cl2NO6PS/c1-36(33,34)19-9-5-6-16(12-19)15-22(25(30)31)28-24(29)23-20(26)13-17(14-21(23)27)10-11-35(32)18-7-3-2-4-8-18/h2-9,12-14,22,32H,15H2,1H3,(H,28,29)(H,30,31). The Morgan fingerprint density at radius 2 is 1.67 bits per heavy atom. The Labute approximate surface area is 219 Å². The molecule has 0 bridgehead atoms. The molecular formula is C25H20Cl2NO6PS. The van der Waals surface area contributed by atoms with Crippen molar-refractivity contribution in [3.63, 3.8) is 0 Å². The van der Waals surface area contributed by atoms with Crippen LogP contribution in [-0.2, 0) is 21.1 Å². The fourth-order valence-corrected chi connectivity index (χ4v) is 5.35. The molecule has 0 aromatic heterocycles. The highest BCUT2D eigenvalue weighted by Gasteiger charge is 2.24. The van der Waals surface area contributed by atoms with E-state index in [9.17, 15) is 28.0 Å². The lowest BCUT2D eigenvalue weighted by molar-refractivity contribution is -0.139. The van der Waals surface area contributed by atoms with Gasteiger partial charge in [-0.15, -0.1) is 0 Å². The van der Waals surface area contributed by atoms with Gasteiger partial charge in [-0.2, -0.15) is 0 Å². The Morgan fingerprint density at radius 3 is 2.25 bits per heavy atom. The average molecular weight is 564 g/mol. The number of halogens is 2. The Hall–Kier alpha value is -2.92. The largest absolute Gasteiger partial charge is 0.480 e. The first-order valence-electron chi connectivity index (χ1n) is 10.3. The van der Waals surface area contributed by atoms with Crippen LogP contribution in [0.1, 0.15) is 21.5 Å². The summed E-state index contributed by atoms with van der Waals surface area (Å²) in [6.45, 7) is 0. The maximum absolute atomic E-state index is 12.9. The van der Waals surface area contributed by atoms with Gasteiger partial charge in [0, 0.05) is 23.5 Å². The van der Waals surface area contributed by atoms with Crippen molar-refractivity contribution in [2.24, 2.45) is 0 Å². The number of benzene rings is 3. The molecule has 3 aromatic carbocycles. The zero-order valence-corrected chi connectivity index (χ0v) is 22.0. The number of amides is 1. The third-order valence-corrected chi connectivity index (χ3v) is 7.76. The Balaban J connectivity index is 1.79. The van der Waals surface area contributed by atoms with Crippen molar-refractivity contribution < 1.29 is 28.0 Å². The summed E-state index contributed by atoms with van der Waals surface area (Å²) in [6.07, 6.45) is 0.882. The fraction of sp³-hybridized carbons (Fsp3) is 0.120. The van der Waals surface area contributed by atoms with E-state index in [0.717, 1.165) is 6.26 Å². The van der Waals surface area contributed by atoms with E-state index in [0.29, 0.717) is 16.4 Å². The quantitative estimate of drug-likeness (QED) is 0.296. The summed E-state index contributed by atoms with van der Waals surface area (Å²) < 4.78 is 23.6. The molecule has 0 aliphatic carbocycles.